The van der Waals surface area contributed by atoms with E-state index in [4.69, 9.17) is 11.6 Å². The van der Waals surface area contributed by atoms with Crippen molar-refractivity contribution in [1.29, 1.82) is 0 Å². The number of rotatable bonds is 4. The Labute approximate surface area is 104 Å². The third-order valence-corrected chi connectivity index (χ3v) is 2.52. The first-order chi connectivity index (χ1) is 7.90. The van der Waals surface area contributed by atoms with Crippen molar-refractivity contribution in [1.82, 2.24) is 4.90 Å². The first-order valence-corrected chi connectivity index (χ1v) is 5.45. The number of carbonyl (C=O) groups excluding carboxylic acids is 2. The highest BCUT2D eigenvalue weighted by Crippen LogP contribution is 2.17. The Morgan fingerprint density at radius 2 is 2.06 bits per heavy atom. The normalized spacial score (nSPS) is 10.1. The minimum Gasteiger partial charge on any atom is -0.341 e. The average Bonchev–Trinajstić information content (AvgIpc) is 2.22. The van der Waals surface area contributed by atoms with Crippen molar-refractivity contribution in [3.05, 3.63) is 34.6 Å². The number of carbonyl (C=O) groups is 2. The molecule has 0 fully saturated rings. The summed E-state index contributed by atoms with van der Waals surface area (Å²) in [6, 6.07) is 4.27. The van der Waals surface area contributed by atoms with Crippen molar-refractivity contribution in [2.45, 2.75) is 19.9 Å². The molecule has 0 heterocycles. The molecule has 0 saturated heterocycles. The Bertz CT molecular complexity index is 448. The van der Waals surface area contributed by atoms with E-state index < -0.39 is 5.82 Å². The van der Waals surface area contributed by atoms with Gasteiger partial charge >= 0.3 is 0 Å². The summed E-state index contributed by atoms with van der Waals surface area (Å²) in [5.41, 5.74) is 0.718. The fourth-order valence-electron chi connectivity index (χ4n) is 1.35. The molecule has 0 bridgehead atoms. The van der Waals surface area contributed by atoms with Crippen molar-refractivity contribution in [3.63, 3.8) is 0 Å². The SMILES string of the molecule is CC(=O)CC(=O)N(C)Cc1ccc(F)c(Cl)c1. The maximum Gasteiger partial charge on any atom is 0.230 e. The van der Waals surface area contributed by atoms with Gasteiger partial charge in [0.1, 0.15) is 11.6 Å². The zero-order valence-corrected chi connectivity index (χ0v) is 10.4. The van der Waals surface area contributed by atoms with Gasteiger partial charge in [-0.1, -0.05) is 17.7 Å². The van der Waals surface area contributed by atoms with Gasteiger partial charge < -0.3 is 4.90 Å². The molecular weight excluding hydrogens is 245 g/mol. The second kappa shape index (κ2) is 5.77. The summed E-state index contributed by atoms with van der Waals surface area (Å²) in [5.74, 6) is -0.940. The number of ketones is 1. The van der Waals surface area contributed by atoms with E-state index in [1.54, 1.807) is 13.1 Å². The molecule has 5 heteroatoms. The summed E-state index contributed by atoms with van der Waals surface area (Å²) in [7, 11) is 1.59. The Balaban J connectivity index is 2.67. The van der Waals surface area contributed by atoms with E-state index in [0.29, 0.717) is 6.54 Å². The summed E-state index contributed by atoms with van der Waals surface area (Å²) in [4.78, 5) is 23.7. The number of Topliss-reactive ketones (excluding diaryl/α,β-unsaturated/α-hetero) is 1. The predicted molar refractivity (Wildman–Crippen MR) is 63.2 cm³/mol. The lowest BCUT2D eigenvalue weighted by Gasteiger charge is -2.16. The van der Waals surface area contributed by atoms with Crippen LogP contribution in [0.25, 0.3) is 0 Å². The molecular formula is C12H13ClFNO2. The van der Waals surface area contributed by atoms with Crippen LogP contribution in [0.1, 0.15) is 18.9 Å². The molecule has 0 radical (unpaired) electrons. The lowest BCUT2D eigenvalue weighted by atomic mass is 10.2. The largest absolute Gasteiger partial charge is 0.341 e. The fraction of sp³-hybridized carbons (Fsp3) is 0.333. The van der Waals surface area contributed by atoms with Crippen LogP contribution in [0.15, 0.2) is 18.2 Å². The van der Waals surface area contributed by atoms with Crippen LogP contribution in [0.4, 0.5) is 4.39 Å². The molecule has 1 aromatic carbocycles. The van der Waals surface area contributed by atoms with Gasteiger partial charge in [0, 0.05) is 13.6 Å². The number of hydrogen-bond donors (Lipinski definition) is 0. The predicted octanol–water partition coefficient (Wildman–Crippen LogP) is 2.42. The van der Waals surface area contributed by atoms with E-state index >= 15 is 0 Å². The highest BCUT2D eigenvalue weighted by molar-refractivity contribution is 6.30. The molecule has 3 nitrogen and oxygen atoms in total. The molecule has 0 aliphatic carbocycles. The minimum atomic E-state index is -0.492. The number of halogens is 2. The molecule has 92 valence electrons. The van der Waals surface area contributed by atoms with Crippen LogP contribution in [0.3, 0.4) is 0 Å². The van der Waals surface area contributed by atoms with Gasteiger partial charge in [-0.3, -0.25) is 9.59 Å². The Morgan fingerprint density at radius 3 is 2.59 bits per heavy atom. The van der Waals surface area contributed by atoms with Gasteiger partial charge in [-0.25, -0.2) is 4.39 Å². The lowest BCUT2D eigenvalue weighted by molar-refractivity contribution is -0.134. The molecule has 0 aliphatic rings. The highest BCUT2D eigenvalue weighted by atomic mass is 35.5. The maximum absolute atomic E-state index is 12.9. The van der Waals surface area contributed by atoms with Crippen LogP contribution in [-0.2, 0) is 16.1 Å². The second-order valence-corrected chi connectivity index (χ2v) is 4.28. The van der Waals surface area contributed by atoms with E-state index in [1.807, 2.05) is 0 Å². The van der Waals surface area contributed by atoms with Crippen molar-refractivity contribution >= 4 is 23.3 Å². The standard InChI is InChI=1S/C12H13ClFNO2/c1-8(16)5-12(17)15(2)7-9-3-4-11(14)10(13)6-9/h3-4,6H,5,7H2,1-2H3. The van der Waals surface area contributed by atoms with Gasteiger partial charge in [0.2, 0.25) is 5.91 Å². The molecule has 0 N–H and O–H groups in total. The third kappa shape index (κ3) is 4.15. The van der Waals surface area contributed by atoms with Crippen LogP contribution < -0.4 is 0 Å². The van der Waals surface area contributed by atoms with E-state index in [2.05, 4.69) is 0 Å². The third-order valence-electron chi connectivity index (χ3n) is 2.23. The fourth-order valence-corrected chi connectivity index (χ4v) is 1.55. The van der Waals surface area contributed by atoms with Gasteiger partial charge in [0.25, 0.3) is 0 Å². The lowest BCUT2D eigenvalue weighted by Crippen LogP contribution is -2.27. The molecule has 0 atom stereocenters. The molecule has 1 amide bonds. The molecule has 17 heavy (non-hydrogen) atoms. The van der Waals surface area contributed by atoms with Crippen LogP contribution in [0, 0.1) is 5.82 Å². The minimum absolute atomic E-state index is 0.0231. The zero-order valence-electron chi connectivity index (χ0n) is 9.67. The van der Waals surface area contributed by atoms with E-state index in [1.165, 1.54) is 24.0 Å². The molecule has 0 saturated carbocycles. The van der Waals surface area contributed by atoms with Crippen molar-refractivity contribution in [3.8, 4) is 0 Å². The van der Waals surface area contributed by atoms with E-state index in [9.17, 15) is 14.0 Å². The Hall–Kier alpha value is -1.42. The van der Waals surface area contributed by atoms with Crippen LogP contribution >= 0.6 is 11.6 Å². The van der Waals surface area contributed by atoms with Crippen molar-refractivity contribution < 1.29 is 14.0 Å². The van der Waals surface area contributed by atoms with E-state index in [-0.39, 0.29) is 23.1 Å². The Kier molecular flexibility index (Phi) is 4.63. The monoisotopic (exact) mass is 257 g/mol. The quantitative estimate of drug-likeness (QED) is 0.777. The molecule has 1 rings (SSSR count). The number of amides is 1. The summed E-state index contributed by atoms with van der Waals surface area (Å²) in [6.45, 7) is 1.66. The summed E-state index contributed by atoms with van der Waals surface area (Å²) >= 11 is 5.63. The van der Waals surface area contributed by atoms with Gasteiger partial charge in [0.05, 0.1) is 11.4 Å². The van der Waals surface area contributed by atoms with Gasteiger partial charge in [-0.15, -0.1) is 0 Å². The van der Waals surface area contributed by atoms with Crippen molar-refractivity contribution in [2.24, 2.45) is 0 Å². The van der Waals surface area contributed by atoms with Crippen LogP contribution in [-0.4, -0.2) is 23.6 Å². The van der Waals surface area contributed by atoms with Crippen LogP contribution in [0.5, 0.6) is 0 Å². The molecule has 0 aromatic heterocycles. The van der Waals surface area contributed by atoms with Gasteiger partial charge in [0.15, 0.2) is 0 Å². The second-order valence-electron chi connectivity index (χ2n) is 3.88. The van der Waals surface area contributed by atoms with Gasteiger partial charge in [-0.2, -0.15) is 0 Å². The molecule has 0 aliphatic heterocycles. The maximum atomic E-state index is 12.9. The Morgan fingerprint density at radius 1 is 1.41 bits per heavy atom. The average molecular weight is 258 g/mol. The first-order valence-electron chi connectivity index (χ1n) is 5.07. The summed E-state index contributed by atoms with van der Waals surface area (Å²) < 4.78 is 12.9. The topological polar surface area (TPSA) is 37.4 Å². The summed E-state index contributed by atoms with van der Waals surface area (Å²) in [5, 5.41) is 0.0231. The van der Waals surface area contributed by atoms with E-state index in [0.717, 1.165) is 5.56 Å². The molecule has 0 unspecified atom stereocenters. The van der Waals surface area contributed by atoms with Crippen LogP contribution in [0.2, 0.25) is 5.02 Å². The first kappa shape index (κ1) is 13.6. The molecule has 1 aromatic rings. The number of benzene rings is 1. The van der Waals surface area contributed by atoms with Crippen molar-refractivity contribution in [2.75, 3.05) is 7.05 Å². The number of hydrogen-bond acceptors (Lipinski definition) is 2. The molecule has 0 spiro atoms. The summed E-state index contributed by atoms with van der Waals surface area (Å²) in [6.07, 6.45) is -0.120. The smallest absolute Gasteiger partial charge is 0.230 e. The van der Waals surface area contributed by atoms with Gasteiger partial charge in [-0.05, 0) is 24.6 Å². The zero-order chi connectivity index (χ0) is 13.0. The number of nitrogens with zero attached hydrogens (tertiary/aromatic N) is 1. The highest BCUT2D eigenvalue weighted by Gasteiger charge is 2.12.